The molecule has 0 radical (unpaired) electrons. The molecule has 0 heterocycles. The minimum absolute atomic E-state index is 0.00669. The number of hydrogen-bond donors (Lipinski definition) is 5. The first-order chi connectivity index (χ1) is 21.8. The fraction of sp³-hybridized carbons (Fsp3) is 0.429. The Balaban J connectivity index is 1.67. The number of aliphatic hydroxyl groups is 4. The van der Waals surface area contributed by atoms with E-state index in [1.807, 2.05) is 91.0 Å². The highest BCUT2D eigenvalue weighted by Gasteiger charge is 2.56. The first-order valence-corrected chi connectivity index (χ1v) is 17.3. The van der Waals surface area contributed by atoms with Crippen molar-refractivity contribution in [3.05, 3.63) is 96.6 Å². The van der Waals surface area contributed by atoms with Gasteiger partial charge in [0.05, 0.1) is 18.8 Å². The van der Waals surface area contributed by atoms with Crippen LogP contribution < -0.4 is 15.7 Å². The molecule has 6 atom stereocenters. The van der Waals surface area contributed by atoms with Crippen LogP contribution in [0.4, 0.5) is 4.79 Å². The zero-order valence-electron chi connectivity index (χ0n) is 26.7. The Morgan fingerprint density at radius 1 is 0.913 bits per heavy atom. The minimum Gasteiger partial charge on any atom is -0.460 e. The van der Waals surface area contributed by atoms with E-state index in [1.54, 1.807) is 0 Å². The third kappa shape index (κ3) is 7.85. The van der Waals surface area contributed by atoms with Gasteiger partial charge in [-0.3, -0.25) is 4.79 Å². The molecule has 1 fully saturated rings. The molecule has 1 aliphatic rings. The molecule has 0 bridgehead atoms. The molecule has 0 aromatic heterocycles. The van der Waals surface area contributed by atoms with Crippen LogP contribution in [0, 0.1) is 0 Å². The Morgan fingerprint density at radius 3 is 1.93 bits per heavy atom. The Labute approximate surface area is 271 Å². The summed E-state index contributed by atoms with van der Waals surface area (Å²) in [6.07, 6.45) is -7.93. The molecule has 5 N–H and O–H groups in total. The number of amides is 1. The van der Waals surface area contributed by atoms with Crippen molar-refractivity contribution in [1.29, 1.82) is 0 Å². The number of benzene rings is 3. The van der Waals surface area contributed by atoms with Gasteiger partial charge in [-0.25, -0.2) is 4.79 Å². The van der Waals surface area contributed by atoms with Crippen LogP contribution in [-0.2, 0) is 25.3 Å². The maximum atomic E-state index is 13.1. The summed E-state index contributed by atoms with van der Waals surface area (Å²) in [6.45, 7) is 7.32. The molecule has 46 heavy (non-hydrogen) atoms. The van der Waals surface area contributed by atoms with Gasteiger partial charge in [0.25, 0.3) is 8.32 Å². The summed E-state index contributed by atoms with van der Waals surface area (Å²) >= 11 is 0. The van der Waals surface area contributed by atoms with Gasteiger partial charge in [0.15, 0.2) is 0 Å². The van der Waals surface area contributed by atoms with Crippen molar-refractivity contribution in [2.45, 2.75) is 88.2 Å². The summed E-state index contributed by atoms with van der Waals surface area (Å²) in [6, 6.07) is 27.9. The standard InChI is InChI=1S/C35H45NO9Si/c1-24(37)45-29-20-30(38)35(42,32(40)31(29)39)21-26(36-33(41)43-22-25-14-8-5-9-15-25)23-44-46(34(2,3)4,27-16-10-6-11-17-27)28-18-12-7-13-19-28/h5-19,26,29-32,38-40,42H,20-23H2,1-4H3,(H,36,41)/t26-,29+,30-,31?,32?,35+/m0/s1. The lowest BCUT2D eigenvalue weighted by atomic mass is 9.73. The predicted molar refractivity (Wildman–Crippen MR) is 175 cm³/mol. The first-order valence-electron chi connectivity index (χ1n) is 15.4. The number of ether oxygens (including phenoxy) is 2. The molecular formula is C35H45NO9Si. The number of aliphatic hydroxyl groups excluding tert-OH is 3. The van der Waals surface area contributed by atoms with E-state index in [0.29, 0.717) is 0 Å². The fourth-order valence-electron chi connectivity index (χ4n) is 6.31. The molecule has 1 amide bonds. The molecule has 4 rings (SSSR count). The van der Waals surface area contributed by atoms with Crippen molar-refractivity contribution in [2.24, 2.45) is 0 Å². The number of esters is 1. The number of rotatable bonds is 11. The average molecular weight is 652 g/mol. The summed E-state index contributed by atoms with van der Waals surface area (Å²) in [4.78, 5) is 24.7. The molecule has 3 aromatic rings. The second kappa shape index (κ2) is 14.9. The second-order valence-corrected chi connectivity index (χ2v) is 17.2. The third-order valence-corrected chi connectivity index (χ3v) is 13.6. The van der Waals surface area contributed by atoms with E-state index in [0.717, 1.165) is 22.9 Å². The van der Waals surface area contributed by atoms with Crippen LogP contribution in [0.1, 0.15) is 46.1 Å². The van der Waals surface area contributed by atoms with E-state index in [9.17, 15) is 30.0 Å². The van der Waals surface area contributed by atoms with Crippen LogP contribution >= 0.6 is 0 Å². The number of carbonyl (C=O) groups is 2. The van der Waals surface area contributed by atoms with Gasteiger partial charge >= 0.3 is 12.1 Å². The van der Waals surface area contributed by atoms with Gasteiger partial charge in [-0.15, -0.1) is 0 Å². The Kier molecular flexibility index (Phi) is 11.4. The molecule has 11 heteroatoms. The topological polar surface area (TPSA) is 155 Å². The van der Waals surface area contributed by atoms with Crippen LogP contribution in [0.15, 0.2) is 91.0 Å². The molecule has 0 aliphatic heterocycles. The van der Waals surface area contributed by atoms with Crippen molar-refractivity contribution in [1.82, 2.24) is 5.32 Å². The number of carbonyl (C=O) groups excluding carboxylic acids is 2. The second-order valence-electron chi connectivity index (χ2n) is 12.9. The SMILES string of the molecule is CC(=O)O[C@@H]1C[C@H](O)[C@](O)(C[C@@H](CO[Si](c2ccccc2)(c2ccccc2)C(C)(C)C)NC(=O)OCc2ccccc2)C(O)C1O. The molecule has 1 aliphatic carbocycles. The van der Waals surface area contributed by atoms with Crippen molar-refractivity contribution in [3.8, 4) is 0 Å². The van der Waals surface area contributed by atoms with Gasteiger partial charge in [-0.05, 0) is 21.0 Å². The van der Waals surface area contributed by atoms with E-state index in [2.05, 4.69) is 26.1 Å². The maximum absolute atomic E-state index is 13.1. The highest BCUT2D eigenvalue weighted by atomic mass is 28.4. The Hall–Kier alpha value is -3.58. The van der Waals surface area contributed by atoms with Gasteiger partial charge in [0.2, 0.25) is 0 Å². The maximum Gasteiger partial charge on any atom is 0.407 e. The summed E-state index contributed by atoms with van der Waals surface area (Å²) in [7, 11) is -3.11. The van der Waals surface area contributed by atoms with Crippen molar-refractivity contribution in [3.63, 3.8) is 0 Å². The predicted octanol–water partition coefficient (Wildman–Crippen LogP) is 2.40. The molecule has 1 saturated carbocycles. The molecule has 10 nitrogen and oxygen atoms in total. The van der Waals surface area contributed by atoms with Crippen molar-refractivity contribution >= 4 is 30.8 Å². The lowest BCUT2D eigenvalue weighted by Gasteiger charge is -2.48. The van der Waals surface area contributed by atoms with E-state index < -0.39 is 67.9 Å². The van der Waals surface area contributed by atoms with Gasteiger partial charge < -0.3 is 39.6 Å². The third-order valence-electron chi connectivity index (χ3n) is 8.59. The first kappa shape index (κ1) is 35.3. The summed E-state index contributed by atoms with van der Waals surface area (Å²) in [5, 5.41) is 49.0. The number of hydrogen-bond acceptors (Lipinski definition) is 9. The Morgan fingerprint density at radius 2 is 1.43 bits per heavy atom. The van der Waals surface area contributed by atoms with Crippen LogP contribution in [0.25, 0.3) is 0 Å². The molecule has 248 valence electrons. The fourth-order valence-corrected chi connectivity index (χ4v) is 10.9. The van der Waals surface area contributed by atoms with Crippen molar-refractivity contribution in [2.75, 3.05) is 6.61 Å². The molecule has 3 aromatic carbocycles. The highest BCUT2D eigenvalue weighted by Crippen LogP contribution is 2.38. The average Bonchev–Trinajstić information content (AvgIpc) is 3.03. The van der Waals surface area contributed by atoms with Gasteiger partial charge in [0, 0.05) is 19.8 Å². The van der Waals surface area contributed by atoms with E-state index >= 15 is 0 Å². The monoisotopic (exact) mass is 651 g/mol. The summed E-state index contributed by atoms with van der Waals surface area (Å²) < 4.78 is 17.6. The van der Waals surface area contributed by atoms with Gasteiger partial charge in [0.1, 0.15) is 30.5 Å². The minimum atomic E-state index is -3.11. The van der Waals surface area contributed by atoms with Crippen LogP contribution in [0.5, 0.6) is 0 Å². The smallest absolute Gasteiger partial charge is 0.407 e. The number of nitrogens with one attached hydrogen (secondary N) is 1. The van der Waals surface area contributed by atoms with E-state index in [-0.39, 0.29) is 19.6 Å². The quantitative estimate of drug-likeness (QED) is 0.155. The van der Waals surface area contributed by atoms with Gasteiger partial charge in [-0.2, -0.15) is 0 Å². The number of alkyl carbamates (subject to hydrolysis) is 1. The highest BCUT2D eigenvalue weighted by molar-refractivity contribution is 6.99. The molecule has 0 saturated heterocycles. The van der Waals surface area contributed by atoms with Gasteiger partial charge in [-0.1, -0.05) is 112 Å². The molecular weight excluding hydrogens is 606 g/mol. The van der Waals surface area contributed by atoms with Crippen LogP contribution in [0.3, 0.4) is 0 Å². The van der Waals surface area contributed by atoms with Crippen molar-refractivity contribution < 1.29 is 43.9 Å². The Bertz CT molecular complexity index is 1380. The lowest BCUT2D eigenvalue weighted by molar-refractivity contribution is -0.240. The lowest BCUT2D eigenvalue weighted by Crippen LogP contribution is -2.69. The molecule has 2 unspecified atom stereocenters. The summed E-state index contributed by atoms with van der Waals surface area (Å²) in [5.41, 5.74) is -1.52. The summed E-state index contributed by atoms with van der Waals surface area (Å²) in [5.74, 6) is -0.701. The van der Waals surface area contributed by atoms with Crippen LogP contribution in [-0.4, -0.2) is 83.5 Å². The largest absolute Gasteiger partial charge is 0.460 e. The molecule has 0 spiro atoms. The zero-order chi connectivity index (χ0) is 33.5. The van der Waals surface area contributed by atoms with E-state index in [1.165, 1.54) is 0 Å². The normalized spacial score (nSPS) is 24.1. The van der Waals surface area contributed by atoms with Crippen LogP contribution in [0.2, 0.25) is 5.04 Å². The zero-order valence-corrected chi connectivity index (χ0v) is 27.7. The van der Waals surface area contributed by atoms with E-state index in [4.69, 9.17) is 13.9 Å².